The number of aliphatic imine (C=N–C) groups is 1. The molecule has 0 radical (unpaired) electrons. The smallest absolute Gasteiger partial charge is 0.212 e. The molecule has 6 rings (SSSR count). The predicted molar refractivity (Wildman–Crippen MR) is 130 cm³/mol. The molecule has 0 bridgehead atoms. The fourth-order valence-electron chi connectivity index (χ4n) is 10.0. The van der Waals surface area contributed by atoms with E-state index < -0.39 is 0 Å². The zero-order valence-corrected chi connectivity index (χ0v) is 20.8. The molecule has 0 spiro atoms. The van der Waals surface area contributed by atoms with Crippen molar-refractivity contribution in [3.8, 4) is 0 Å². The van der Waals surface area contributed by atoms with Crippen molar-refractivity contribution >= 4 is 5.90 Å². The average molecular weight is 440 g/mol. The highest BCUT2D eigenvalue weighted by Crippen LogP contribution is 2.69. The lowest BCUT2D eigenvalue weighted by molar-refractivity contribution is -0.128. The van der Waals surface area contributed by atoms with Crippen LogP contribution in [-0.2, 0) is 9.47 Å². The quantitative estimate of drug-likeness (QED) is 0.466. The Morgan fingerprint density at radius 1 is 0.906 bits per heavy atom. The molecule has 32 heavy (non-hydrogen) atoms. The monoisotopic (exact) mass is 439 g/mol. The van der Waals surface area contributed by atoms with Crippen molar-refractivity contribution in [3.63, 3.8) is 0 Å². The highest BCUT2D eigenvalue weighted by molar-refractivity contribution is 5.96. The summed E-state index contributed by atoms with van der Waals surface area (Å²) in [6.45, 7) is 9.87. The van der Waals surface area contributed by atoms with E-state index >= 15 is 0 Å². The van der Waals surface area contributed by atoms with Crippen LogP contribution in [0.4, 0.5) is 0 Å². The lowest BCUT2D eigenvalue weighted by Gasteiger charge is -2.61. The van der Waals surface area contributed by atoms with Crippen LogP contribution in [0.2, 0.25) is 0 Å². The van der Waals surface area contributed by atoms with Crippen LogP contribution in [0.15, 0.2) is 17.1 Å². The highest BCUT2D eigenvalue weighted by Gasteiger charge is 2.65. The number of hydrogen-bond donors (Lipinski definition) is 0. The van der Waals surface area contributed by atoms with Gasteiger partial charge in [-0.05, 0) is 98.7 Å². The van der Waals surface area contributed by atoms with E-state index in [-0.39, 0.29) is 0 Å². The Morgan fingerprint density at radius 3 is 2.47 bits per heavy atom. The first-order valence-electron chi connectivity index (χ1n) is 13.9. The van der Waals surface area contributed by atoms with Gasteiger partial charge in [0, 0.05) is 18.6 Å². The summed E-state index contributed by atoms with van der Waals surface area (Å²) in [7, 11) is 1.92. The molecule has 5 saturated carbocycles. The Morgan fingerprint density at radius 2 is 1.69 bits per heavy atom. The zero-order valence-electron chi connectivity index (χ0n) is 20.8. The molecule has 3 nitrogen and oxygen atoms in total. The summed E-state index contributed by atoms with van der Waals surface area (Å²) in [5.74, 6) is 4.91. The molecule has 1 aliphatic heterocycles. The molecule has 5 aliphatic carbocycles. The molecule has 0 N–H and O–H groups in total. The summed E-state index contributed by atoms with van der Waals surface area (Å²) in [4.78, 5) is 5.11. The maximum absolute atomic E-state index is 6.63. The highest BCUT2D eigenvalue weighted by atomic mass is 16.5. The minimum atomic E-state index is 0.341. The normalized spacial score (nSPS) is 52.2. The van der Waals surface area contributed by atoms with Crippen LogP contribution in [0.3, 0.4) is 0 Å². The van der Waals surface area contributed by atoms with E-state index in [2.05, 4.69) is 20.4 Å². The van der Waals surface area contributed by atoms with Gasteiger partial charge in [-0.25, -0.2) is 4.99 Å². The molecule has 0 amide bonds. The van der Waals surface area contributed by atoms with Crippen LogP contribution in [-0.4, -0.2) is 31.3 Å². The van der Waals surface area contributed by atoms with Crippen molar-refractivity contribution in [2.75, 3.05) is 7.11 Å². The van der Waals surface area contributed by atoms with Gasteiger partial charge in [0.25, 0.3) is 0 Å². The van der Waals surface area contributed by atoms with E-state index in [1.807, 2.05) is 7.11 Å². The first-order valence-corrected chi connectivity index (χ1v) is 13.9. The maximum atomic E-state index is 6.63. The third kappa shape index (κ3) is 3.12. The largest absolute Gasteiger partial charge is 0.474 e. The molecular weight excluding hydrogens is 394 g/mol. The van der Waals surface area contributed by atoms with E-state index in [4.69, 9.17) is 14.5 Å². The molecule has 1 heterocycles. The molecule has 0 aromatic rings. The summed E-state index contributed by atoms with van der Waals surface area (Å²) in [5, 5.41) is 0. The second-order valence-electron chi connectivity index (χ2n) is 13.0. The van der Waals surface area contributed by atoms with Gasteiger partial charge in [0.1, 0.15) is 6.10 Å². The standard InChI is InChI=1S/C29H45NO2/c1-18-26-25(32-27(18)30-20-8-6-5-7-9-20)17-24-22-11-10-19-16-21(31-4)12-14-28(19,2)23(22)13-15-29(24,26)3/h19-26H,1,5-17H2,2-4H3. The predicted octanol–water partition coefficient (Wildman–Crippen LogP) is 6.96. The van der Waals surface area contributed by atoms with Gasteiger partial charge in [0.05, 0.1) is 12.1 Å². The molecule has 0 aromatic heterocycles. The molecule has 0 aromatic carbocycles. The van der Waals surface area contributed by atoms with Gasteiger partial charge in [0.15, 0.2) is 0 Å². The van der Waals surface area contributed by atoms with Gasteiger partial charge in [-0.15, -0.1) is 0 Å². The first-order chi connectivity index (χ1) is 15.4. The zero-order chi connectivity index (χ0) is 22.1. The van der Waals surface area contributed by atoms with E-state index in [1.54, 1.807) is 0 Å². The fraction of sp³-hybridized carbons (Fsp3) is 0.897. The molecule has 3 heteroatoms. The molecule has 1 saturated heterocycles. The van der Waals surface area contributed by atoms with Crippen LogP contribution in [0.5, 0.6) is 0 Å². The topological polar surface area (TPSA) is 30.8 Å². The summed E-state index contributed by atoms with van der Waals surface area (Å²) < 4.78 is 12.4. The lowest BCUT2D eigenvalue weighted by atomic mass is 9.44. The summed E-state index contributed by atoms with van der Waals surface area (Å²) in [6.07, 6.45) is 18.1. The van der Waals surface area contributed by atoms with Gasteiger partial charge in [0.2, 0.25) is 5.90 Å². The Labute approximate surface area is 195 Å². The maximum Gasteiger partial charge on any atom is 0.212 e. The Bertz CT molecular complexity index is 784. The minimum Gasteiger partial charge on any atom is -0.474 e. The van der Waals surface area contributed by atoms with Crippen molar-refractivity contribution in [3.05, 3.63) is 12.2 Å². The SMILES string of the molecule is C=C1C(=NC2CCCCC2)OC2CC3C4CCC5CC(OC)CCC5(C)C4CCC3(C)C12. The van der Waals surface area contributed by atoms with Crippen LogP contribution in [0.25, 0.3) is 0 Å². The Balaban J connectivity index is 1.22. The molecule has 6 fully saturated rings. The van der Waals surface area contributed by atoms with E-state index in [9.17, 15) is 0 Å². The van der Waals surface area contributed by atoms with Crippen molar-refractivity contribution in [2.24, 2.45) is 45.4 Å². The van der Waals surface area contributed by atoms with Crippen molar-refractivity contribution in [1.29, 1.82) is 0 Å². The number of hydrogen-bond acceptors (Lipinski definition) is 3. The van der Waals surface area contributed by atoms with E-state index in [0.717, 1.165) is 29.6 Å². The molecule has 178 valence electrons. The molecule has 6 aliphatic rings. The van der Waals surface area contributed by atoms with Crippen LogP contribution in [0, 0.1) is 40.4 Å². The first kappa shape index (κ1) is 21.7. The minimum absolute atomic E-state index is 0.341. The lowest BCUT2D eigenvalue weighted by Crippen LogP contribution is -2.54. The number of fused-ring (bicyclic) bond motifs is 7. The van der Waals surface area contributed by atoms with Crippen molar-refractivity contribution in [2.45, 2.75) is 116 Å². The fourth-order valence-corrected chi connectivity index (χ4v) is 10.0. The summed E-state index contributed by atoms with van der Waals surface area (Å²) >= 11 is 0. The third-order valence-corrected chi connectivity index (χ3v) is 11.7. The van der Waals surface area contributed by atoms with Gasteiger partial charge < -0.3 is 9.47 Å². The van der Waals surface area contributed by atoms with Crippen molar-refractivity contribution < 1.29 is 9.47 Å². The second kappa shape index (κ2) is 7.85. The van der Waals surface area contributed by atoms with E-state index in [0.29, 0.717) is 35.0 Å². The number of ether oxygens (including phenoxy) is 2. The molecular formula is C29H45NO2. The van der Waals surface area contributed by atoms with Crippen LogP contribution in [0.1, 0.15) is 97.3 Å². The van der Waals surface area contributed by atoms with Crippen LogP contribution < -0.4 is 0 Å². The summed E-state index contributed by atoms with van der Waals surface area (Å²) in [6, 6.07) is 0.478. The van der Waals surface area contributed by atoms with Crippen molar-refractivity contribution in [1.82, 2.24) is 0 Å². The van der Waals surface area contributed by atoms with Gasteiger partial charge in [-0.2, -0.15) is 0 Å². The molecule has 9 atom stereocenters. The average Bonchev–Trinajstić information content (AvgIpc) is 3.27. The van der Waals surface area contributed by atoms with Gasteiger partial charge in [-0.3, -0.25) is 0 Å². The number of rotatable bonds is 2. The Hall–Kier alpha value is -0.830. The number of methoxy groups -OCH3 is 1. The third-order valence-electron chi connectivity index (χ3n) is 11.7. The van der Waals surface area contributed by atoms with Crippen LogP contribution >= 0.6 is 0 Å². The van der Waals surface area contributed by atoms with E-state index in [1.165, 1.54) is 89.0 Å². The van der Waals surface area contributed by atoms with Gasteiger partial charge in [-0.1, -0.05) is 39.7 Å². The Kier molecular flexibility index (Phi) is 5.32. The second-order valence-corrected chi connectivity index (χ2v) is 13.0. The summed E-state index contributed by atoms with van der Waals surface area (Å²) in [5.41, 5.74) is 2.15. The van der Waals surface area contributed by atoms with Gasteiger partial charge >= 0.3 is 0 Å². The number of nitrogens with zero attached hydrogens (tertiary/aromatic N) is 1. The molecule has 9 unspecified atom stereocenters.